The van der Waals surface area contributed by atoms with Crippen molar-refractivity contribution in [2.24, 2.45) is 0 Å². The lowest BCUT2D eigenvalue weighted by Gasteiger charge is -2.20. The molecule has 0 aliphatic carbocycles. The Bertz CT molecular complexity index is 493. The molecular formula is C15H17BrFNS. The van der Waals surface area contributed by atoms with Crippen LogP contribution >= 0.6 is 27.3 Å². The Labute approximate surface area is 126 Å². The third kappa shape index (κ3) is 3.88. The molecule has 0 spiro atoms. The van der Waals surface area contributed by atoms with Gasteiger partial charge in [-0.25, -0.2) is 4.39 Å². The van der Waals surface area contributed by atoms with Gasteiger partial charge in [0.25, 0.3) is 0 Å². The number of rotatable bonds is 6. The van der Waals surface area contributed by atoms with Crippen LogP contribution < -0.4 is 5.32 Å². The normalized spacial score (nSPS) is 12.6. The minimum Gasteiger partial charge on any atom is -0.310 e. The van der Waals surface area contributed by atoms with E-state index in [1.807, 2.05) is 13.0 Å². The Kier molecular flexibility index (Phi) is 5.55. The molecule has 1 aromatic carbocycles. The molecule has 2 rings (SSSR count). The van der Waals surface area contributed by atoms with E-state index < -0.39 is 0 Å². The van der Waals surface area contributed by atoms with E-state index in [9.17, 15) is 4.39 Å². The second-order valence-corrected chi connectivity index (χ2v) is 6.25. The van der Waals surface area contributed by atoms with Crippen molar-refractivity contribution in [3.63, 3.8) is 0 Å². The Morgan fingerprint density at radius 3 is 2.79 bits per heavy atom. The molecule has 1 heterocycles. The number of hydrogen-bond donors (Lipinski definition) is 1. The second-order valence-electron chi connectivity index (χ2n) is 4.36. The second kappa shape index (κ2) is 7.17. The SMILES string of the molecule is CCNC(CCc1cccs1)c1c(F)cccc1Br. The number of nitrogens with one attached hydrogen (secondary N) is 1. The molecule has 1 N–H and O–H groups in total. The number of halogens is 2. The molecule has 1 nitrogen and oxygen atoms in total. The van der Waals surface area contributed by atoms with Crippen LogP contribution in [0.4, 0.5) is 4.39 Å². The van der Waals surface area contributed by atoms with Gasteiger partial charge in [0.2, 0.25) is 0 Å². The summed E-state index contributed by atoms with van der Waals surface area (Å²) in [5.74, 6) is -0.147. The molecule has 19 heavy (non-hydrogen) atoms. The third-order valence-electron chi connectivity index (χ3n) is 3.06. The molecule has 0 saturated carbocycles. The van der Waals surface area contributed by atoms with Crippen LogP contribution in [0, 0.1) is 5.82 Å². The van der Waals surface area contributed by atoms with Gasteiger partial charge in [0.05, 0.1) is 0 Å². The molecule has 0 aliphatic heterocycles. The zero-order valence-corrected chi connectivity index (χ0v) is 13.2. The smallest absolute Gasteiger partial charge is 0.129 e. The lowest BCUT2D eigenvalue weighted by atomic mass is 10.0. The van der Waals surface area contributed by atoms with Crippen molar-refractivity contribution in [2.45, 2.75) is 25.8 Å². The van der Waals surface area contributed by atoms with Gasteiger partial charge in [0.1, 0.15) is 5.82 Å². The summed E-state index contributed by atoms with van der Waals surface area (Å²) in [4.78, 5) is 1.34. The Morgan fingerprint density at radius 1 is 1.32 bits per heavy atom. The number of aryl methyl sites for hydroxylation is 1. The largest absolute Gasteiger partial charge is 0.310 e. The predicted octanol–water partition coefficient (Wildman–Crippen LogP) is 4.93. The highest BCUT2D eigenvalue weighted by atomic mass is 79.9. The van der Waals surface area contributed by atoms with Crippen LogP contribution in [0.15, 0.2) is 40.2 Å². The van der Waals surface area contributed by atoms with E-state index in [1.54, 1.807) is 17.4 Å². The number of thiophene rings is 1. The standard InChI is InChI=1S/C15H17BrFNS/c1-2-18-14(9-8-11-5-4-10-19-11)15-12(16)6-3-7-13(15)17/h3-7,10,14,18H,2,8-9H2,1H3. The van der Waals surface area contributed by atoms with E-state index in [-0.39, 0.29) is 11.9 Å². The van der Waals surface area contributed by atoms with Crippen LogP contribution in [0.3, 0.4) is 0 Å². The summed E-state index contributed by atoms with van der Waals surface area (Å²) in [6.45, 7) is 2.88. The zero-order chi connectivity index (χ0) is 13.7. The van der Waals surface area contributed by atoms with E-state index in [1.165, 1.54) is 10.9 Å². The van der Waals surface area contributed by atoms with Crippen molar-refractivity contribution in [1.82, 2.24) is 5.32 Å². The first-order chi connectivity index (χ1) is 9.22. The maximum Gasteiger partial charge on any atom is 0.129 e. The van der Waals surface area contributed by atoms with Crippen LogP contribution in [0.1, 0.15) is 29.8 Å². The highest BCUT2D eigenvalue weighted by Gasteiger charge is 2.17. The fourth-order valence-electron chi connectivity index (χ4n) is 2.18. The summed E-state index contributed by atoms with van der Waals surface area (Å²) >= 11 is 5.21. The van der Waals surface area contributed by atoms with Gasteiger partial charge >= 0.3 is 0 Å². The van der Waals surface area contributed by atoms with Gasteiger partial charge < -0.3 is 5.32 Å². The average Bonchev–Trinajstić information content (AvgIpc) is 2.88. The minimum absolute atomic E-state index is 0.0441. The molecular weight excluding hydrogens is 325 g/mol. The average molecular weight is 342 g/mol. The first kappa shape index (κ1) is 14.7. The Hall–Kier alpha value is -0.710. The van der Waals surface area contributed by atoms with Gasteiger partial charge in [0.15, 0.2) is 0 Å². The first-order valence-electron chi connectivity index (χ1n) is 6.42. The van der Waals surface area contributed by atoms with E-state index in [2.05, 4.69) is 38.8 Å². The molecule has 0 aliphatic rings. The van der Waals surface area contributed by atoms with Crippen LogP contribution in [0.2, 0.25) is 0 Å². The molecule has 1 aromatic heterocycles. The summed E-state index contributed by atoms with van der Waals surface area (Å²) in [5, 5.41) is 5.46. The summed E-state index contributed by atoms with van der Waals surface area (Å²) in [5.41, 5.74) is 0.737. The molecule has 102 valence electrons. The van der Waals surface area contributed by atoms with E-state index in [0.29, 0.717) is 0 Å². The number of benzene rings is 1. The molecule has 0 bridgehead atoms. The van der Waals surface area contributed by atoms with Crippen LogP contribution in [-0.4, -0.2) is 6.54 Å². The zero-order valence-electron chi connectivity index (χ0n) is 10.8. The monoisotopic (exact) mass is 341 g/mol. The lowest BCUT2D eigenvalue weighted by molar-refractivity contribution is 0.484. The van der Waals surface area contributed by atoms with Crippen molar-refractivity contribution >= 4 is 27.3 Å². The van der Waals surface area contributed by atoms with Crippen LogP contribution in [-0.2, 0) is 6.42 Å². The third-order valence-corrected chi connectivity index (χ3v) is 4.69. The van der Waals surface area contributed by atoms with Gasteiger partial charge in [0, 0.05) is 21.0 Å². The fourth-order valence-corrected chi connectivity index (χ4v) is 3.52. The molecule has 1 atom stereocenters. The molecule has 2 aromatic rings. The van der Waals surface area contributed by atoms with E-state index in [4.69, 9.17) is 0 Å². The number of hydrogen-bond acceptors (Lipinski definition) is 2. The summed E-state index contributed by atoms with van der Waals surface area (Å²) in [6.07, 6.45) is 1.87. The Morgan fingerprint density at radius 2 is 2.16 bits per heavy atom. The fraction of sp³-hybridized carbons (Fsp3) is 0.333. The summed E-state index contributed by atoms with van der Waals surface area (Å²) < 4.78 is 14.9. The summed E-state index contributed by atoms with van der Waals surface area (Å²) in [7, 11) is 0. The highest BCUT2D eigenvalue weighted by Crippen LogP contribution is 2.29. The maximum absolute atomic E-state index is 14.0. The van der Waals surface area contributed by atoms with Gasteiger partial charge in [-0.2, -0.15) is 0 Å². The van der Waals surface area contributed by atoms with Crippen molar-refractivity contribution in [3.05, 3.63) is 56.4 Å². The van der Waals surface area contributed by atoms with Crippen molar-refractivity contribution < 1.29 is 4.39 Å². The maximum atomic E-state index is 14.0. The van der Waals surface area contributed by atoms with Gasteiger partial charge in [-0.3, -0.25) is 0 Å². The van der Waals surface area contributed by atoms with Crippen molar-refractivity contribution in [1.29, 1.82) is 0 Å². The Balaban J connectivity index is 2.15. The topological polar surface area (TPSA) is 12.0 Å². The van der Waals surface area contributed by atoms with Gasteiger partial charge in [-0.15, -0.1) is 11.3 Å². The van der Waals surface area contributed by atoms with E-state index in [0.717, 1.165) is 29.4 Å². The molecule has 1 unspecified atom stereocenters. The van der Waals surface area contributed by atoms with Crippen LogP contribution in [0.25, 0.3) is 0 Å². The molecule has 0 amide bonds. The summed E-state index contributed by atoms with van der Waals surface area (Å²) in [6, 6.07) is 9.38. The van der Waals surface area contributed by atoms with Gasteiger partial charge in [-0.1, -0.05) is 35.0 Å². The van der Waals surface area contributed by atoms with Gasteiger partial charge in [-0.05, 0) is 43.0 Å². The van der Waals surface area contributed by atoms with E-state index >= 15 is 0 Å². The quantitative estimate of drug-likeness (QED) is 0.785. The molecule has 4 heteroatoms. The predicted molar refractivity (Wildman–Crippen MR) is 83.2 cm³/mol. The molecule has 0 fully saturated rings. The lowest BCUT2D eigenvalue weighted by Crippen LogP contribution is -2.23. The highest BCUT2D eigenvalue weighted by molar-refractivity contribution is 9.10. The first-order valence-corrected chi connectivity index (χ1v) is 8.09. The molecule has 0 radical (unpaired) electrons. The van der Waals surface area contributed by atoms with Crippen molar-refractivity contribution in [2.75, 3.05) is 6.54 Å². The van der Waals surface area contributed by atoms with Crippen LogP contribution in [0.5, 0.6) is 0 Å². The molecule has 0 saturated heterocycles. The minimum atomic E-state index is -0.147. The van der Waals surface area contributed by atoms with Crippen molar-refractivity contribution in [3.8, 4) is 0 Å².